The topological polar surface area (TPSA) is 389 Å². The number of phenolic OH excluding ortho intramolecular Hbond substituents is 2. The summed E-state index contributed by atoms with van der Waals surface area (Å²) in [4.78, 5) is 125. The first-order valence-corrected chi connectivity index (χ1v) is 28.9. The van der Waals surface area contributed by atoms with Gasteiger partial charge >= 0.3 is 0 Å². The molecule has 1 fully saturated rings. The summed E-state index contributed by atoms with van der Waals surface area (Å²) in [6.07, 6.45) is -1.42. The zero-order valence-electron chi connectivity index (χ0n) is 44.7. The van der Waals surface area contributed by atoms with Crippen molar-refractivity contribution in [3.8, 4) is 11.5 Å². The third kappa shape index (κ3) is 21.5. The van der Waals surface area contributed by atoms with Crippen LogP contribution in [0.2, 0.25) is 5.02 Å². The Kier molecular flexibility index (Phi) is 25.5. The van der Waals surface area contributed by atoms with Gasteiger partial charge in [0.25, 0.3) is 0 Å². The van der Waals surface area contributed by atoms with Crippen molar-refractivity contribution >= 4 is 86.4 Å². The van der Waals surface area contributed by atoms with Crippen molar-refractivity contribution in [1.82, 2.24) is 42.5 Å². The smallest absolute Gasteiger partial charge is 0.245 e. The fourth-order valence-electron chi connectivity index (χ4n) is 8.25. The number of halogens is 1. The Morgan fingerprint density at radius 1 is 0.654 bits per heavy atom. The molecule has 0 spiro atoms. The molecule has 23 nitrogen and oxygen atoms in total. The van der Waals surface area contributed by atoms with Gasteiger partial charge in [0.05, 0.1) is 12.1 Å². The molecule has 5 rings (SSSR count). The Hall–Kier alpha value is -7.42. The molecule has 9 amide bonds. The van der Waals surface area contributed by atoms with Gasteiger partial charge in [0.15, 0.2) is 0 Å². The molecule has 0 bridgehead atoms. The van der Waals surface area contributed by atoms with Gasteiger partial charge in [0.1, 0.15) is 53.8 Å². The third-order valence-electron chi connectivity index (χ3n) is 12.8. The molecule has 1 aliphatic rings. The number of phenols is 2. The molecule has 26 heteroatoms. The second-order valence-corrected chi connectivity index (χ2v) is 22.4. The molecule has 4 aromatic rings. The van der Waals surface area contributed by atoms with Crippen molar-refractivity contribution in [3.63, 3.8) is 0 Å². The van der Waals surface area contributed by atoms with Crippen LogP contribution in [0.25, 0.3) is 0 Å². The molecule has 2 unspecified atom stereocenters. The summed E-state index contributed by atoms with van der Waals surface area (Å²) in [7, 11) is 1.92. The summed E-state index contributed by atoms with van der Waals surface area (Å²) in [6.45, 7) is 3.01. The van der Waals surface area contributed by atoms with Crippen molar-refractivity contribution in [2.45, 2.75) is 120 Å². The summed E-state index contributed by atoms with van der Waals surface area (Å²) in [5.74, 6) is -8.15. The highest BCUT2D eigenvalue weighted by molar-refractivity contribution is 8.76. The Morgan fingerprint density at radius 2 is 1.15 bits per heavy atom. The van der Waals surface area contributed by atoms with Gasteiger partial charge in [-0.3, -0.25) is 43.2 Å². The number of nitrogens with two attached hydrogens (primary N) is 3. The minimum atomic E-state index is -1.75. The molecule has 1 aliphatic heterocycles. The van der Waals surface area contributed by atoms with E-state index in [0.29, 0.717) is 40.1 Å². The van der Waals surface area contributed by atoms with E-state index >= 15 is 0 Å². The Labute approximate surface area is 481 Å². The van der Waals surface area contributed by atoms with Gasteiger partial charge in [-0.15, -0.1) is 0 Å². The number of aliphatic hydroxyl groups is 1. The number of rotatable bonds is 20. The lowest BCUT2D eigenvalue weighted by atomic mass is 10.00. The first-order valence-electron chi connectivity index (χ1n) is 26.0. The SMILES string of the molecule is CC(=O)NCc1ccc(C[C@H]2NC(=O)[C@H](Cc3ccc(O)cc3)NC(=O)[C@H](NC(=O)[C@@H](N)Cc3ccc(Cl)cc3)CSSC[C@@H](C(=O)N[C@H](Cc3ccc(O)cc3)C(N)=O)NC(=O)C(C(C)O)NC(=O)[C@H](CCCCN)NC2=O)cc1. The minimum absolute atomic E-state index is 0.0317. The summed E-state index contributed by atoms with van der Waals surface area (Å²) in [6, 6.07) is 13.4. The molecule has 0 aromatic heterocycles. The summed E-state index contributed by atoms with van der Waals surface area (Å²) in [5.41, 5.74) is 20.8. The number of benzene rings is 4. The van der Waals surface area contributed by atoms with Crippen LogP contribution in [0.5, 0.6) is 11.5 Å². The maximum atomic E-state index is 14.8. The van der Waals surface area contributed by atoms with Crippen molar-refractivity contribution in [1.29, 1.82) is 0 Å². The highest BCUT2D eigenvalue weighted by Crippen LogP contribution is 2.24. The summed E-state index contributed by atoms with van der Waals surface area (Å²) in [5, 5.41) is 52.6. The Balaban J connectivity index is 1.57. The molecule has 436 valence electrons. The Morgan fingerprint density at radius 3 is 1.70 bits per heavy atom. The van der Waals surface area contributed by atoms with E-state index in [-0.39, 0.29) is 74.1 Å². The first kappa shape index (κ1) is 64.4. The molecule has 0 aliphatic carbocycles. The molecule has 81 heavy (non-hydrogen) atoms. The van der Waals surface area contributed by atoms with E-state index in [9.17, 15) is 58.5 Å². The zero-order valence-corrected chi connectivity index (χ0v) is 47.0. The van der Waals surface area contributed by atoms with Gasteiger partial charge in [0.2, 0.25) is 53.2 Å². The van der Waals surface area contributed by atoms with Crippen LogP contribution in [0.1, 0.15) is 60.9 Å². The number of primary amides is 1. The van der Waals surface area contributed by atoms with E-state index < -0.39 is 102 Å². The van der Waals surface area contributed by atoms with Gasteiger partial charge in [0, 0.05) is 49.3 Å². The first-order chi connectivity index (χ1) is 38.6. The molecule has 4 aromatic carbocycles. The molecule has 1 heterocycles. The Bertz CT molecular complexity index is 2800. The van der Waals surface area contributed by atoms with E-state index in [1.807, 2.05) is 0 Å². The van der Waals surface area contributed by atoms with Gasteiger partial charge in [-0.1, -0.05) is 93.9 Å². The maximum Gasteiger partial charge on any atom is 0.245 e. The number of amides is 9. The molecule has 1 saturated heterocycles. The summed E-state index contributed by atoms with van der Waals surface area (Å²) < 4.78 is 0. The van der Waals surface area contributed by atoms with Crippen molar-refractivity contribution in [3.05, 3.63) is 130 Å². The van der Waals surface area contributed by atoms with E-state index in [0.717, 1.165) is 27.2 Å². The number of unbranched alkanes of at least 4 members (excludes halogenated alkanes) is 1. The van der Waals surface area contributed by atoms with E-state index in [4.69, 9.17) is 28.8 Å². The number of aromatic hydroxyl groups is 2. The average Bonchev–Trinajstić information content (AvgIpc) is 3.44. The van der Waals surface area contributed by atoms with Crippen LogP contribution in [0.15, 0.2) is 97.1 Å². The van der Waals surface area contributed by atoms with Crippen LogP contribution in [-0.4, -0.2) is 141 Å². The molecule has 0 radical (unpaired) electrons. The predicted octanol–water partition coefficient (Wildman–Crippen LogP) is -0.231. The largest absolute Gasteiger partial charge is 0.508 e. The van der Waals surface area contributed by atoms with Crippen molar-refractivity contribution in [2.75, 3.05) is 18.1 Å². The monoisotopic (exact) mass is 1180 g/mol. The van der Waals surface area contributed by atoms with Crippen LogP contribution in [-0.2, 0) is 75.4 Å². The predicted molar refractivity (Wildman–Crippen MR) is 307 cm³/mol. The molecule has 17 N–H and O–H groups in total. The third-order valence-corrected chi connectivity index (χ3v) is 15.5. The summed E-state index contributed by atoms with van der Waals surface area (Å²) >= 11 is 6.08. The highest BCUT2D eigenvalue weighted by atomic mass is 35.5. The molecule has 9 atom stereocenters. The number of aliphatic hydroxyl groups excluding tert-OH is 1. The van der Waals surface area contributed by atoms with Gasteiger partial charge in [-0.2, -0.15) is 0 Å². The zero-order chi connectivity index (χ0) is 59.2. The number of nitrogens with one attached hydrogen (secondary N) is 8. The second-order valence-electron chi connectivity index (χ2n) is 19.5. The fourth-order valence-corrected chi connectivity index (χ4v) is 10.7. The average molecular weight is 1180 g/mol. The van der Waals surface area contributed by atoms with Crippen LogP contribution in [0, 0.1) is 0 Å². The maximum absolute atomic E-state index is 14.8. The standard InChI is InChI=1S/C55H70ClN11O12S2/c1-30(68)47-55(79)66-46(53(77)62-42(48(59)72)24-34-12-18-38(70)19-13-34)29-81-80-28-45(65-49(73)40(58)23-32-10-16-37(56)17-11-32)54(78)64-44(26-35-14-20-39(71)21-15-35)52(76)63-43(25-33-6-8-36(9-7-33)27-60-31(2)69)51(75)61-41(50(74)67-47)5-3-4-22-57/h6-21,30,40-47,68,70-71H,3-5,22-29,57-58H2,1-2H3,(H2,59,72)(H,60,69)(H,61,75)(H,62,77)(H,63,76)(H,64,78)(H,65,73)(H,66,79)(H,67,74)/t30?,40-,41-,42+,43+,44-,45+,46-,47?/m0/s1. The second kappa shape index (κ2) is 32.1. The van der Waals surface area contributed by atoms with Crippen LogP contribution >= 0.6 is 33.2 Å². The van der Waals surface area contributed by atoms with Crippen LogP contribution in [0.4, 0.5) is 0 Å². The molecular formula is C55H70ClN11O12S2. The number of carbonyl (C=O) groups excluding carboxylic acids is 9. The number of hydrogen-bond acceptors (Lipinski definition) is 16. The highest BCUT2D eigenvalue weighted by Gasteiger charge is 2.36. The van der Waals surface area contributed by atoms with Gasteiger partial charge in [-0.25, -0.2) is 0 Å². The van der Waals surface area contributed by atoms with E-state index in [1.54, 1.807) is 48.5 Å². The lowest BCUT2D eigenvalue weighted by Crippen LogP contribution is -2.62. The van der Waals surface area contributed by atoms with Gasteiger partial charge in [-0.05, 0) is 103 Å². The van der Waals surface area contributed by atoms with Gasteiger partial charge < -0.3 is 75.1 Å². The van der Waals surface area contributed by atoms with E-state index in [1.165, 1.54) is 62.4 Å². The molecule has 0 saturated carbocycles. The van der Waals surface area contributed by atoms with Crippen LogP contribution < -0.4 is 59.7 Å². The molecular weight excluding hydrogens is 1110 g/mol. The minimum Gasteiger partial charge on any atom is -0.508 e. The van der Waals surface area contributed by atoms with E-state index in [2.05, 4.69) is 42.5 Å². The van der Waals surface area contributed by atoms with Crippen molar-refractivity contribution in [2.24, 2.45) is 17.2 Å². The lowest BCUT2D eigenvalue weighted by molar-refractivity contribution is -0.136. The lowest BCUT2D eigenvalue weighted by Gasteiger charge is -2.29. The normalized spacial score (nSPS) is 20.8. The van der Waals surface area contributed by atoms with Crippen molar-refractivity contribution < 1.29 is 58.5 Å². The number of carbonyl (C=O) groups is 9. The fraction of sp³-hybridized carbons (Fsp3) is 0.400. The quantitative estimate of drug-likeness (QED) is 0.0401. The van der Waals surface area contributed by atoms with Crippen LogP contribution in [0.3, 0.4) is 0 Å². The number of hydrogen-bond donors (Lipinski definition) is 14.